The molecule has 16 heavy (non-hydrogen) atoms. The molecule has 0 radical (unpaired) electrons. The molecule has 2 nitrogen and oxygen atoms in total. The zero-order chi connectivity index (χ0) is 11.4. The number of hydrogen-bond donors (Lipinski definition) is 1. The second-order valence-corrected chi connectivity index (χ2v) is 3.91. The highest BCUT2D eigenvalue weighted by molar-refractivity contribution is 5.83. The zero-order valence-corrected chi connectivity index (χ0v) is 9.53. The lowest BCUT2D eigenvalue weighted by Crippen LogP contribution is -2.13. The molecule has 1 aromatic heterocycles. The van der Waals surface area contributed by atoms with E-state index in [0.29, 0.717) is 0 Å². The molecule has 1 aromatic carbocycles. The van der Waals surface area contributed by atoms with Crippen LogP contribution in [0.4, 0.5) is 0 Å². The van der Waals surface area contributed by atoms with Crippen molar-refractivity contribution in [2.75, 3.05) is 6.54 Å². The van der Waals surface area contributed by atoms with Gasteiger partial charge in [-0.1, -0.05) is 18.2 Å². The van der Waals surface area contributed by atoms with Gasteiger partial charge in [0.15, 0.2) is 0 Å². The van der Waals surface area contributed by atoms with Crippen molar-refractivity contribution >= 4 is 10.9 Å². The van der Waals surface area contributed by atoms with E-state index in [4.69, 9.17) is 6.42 Å². The van der Waals surface area contributed by atoms with Gasteiger partial charge in [-0.3, -0.25) is 0 Å². The number of hydrogen-bond acceptors (Lipinski definition) is 1. The molecule has 2 rings (SSSR count). The van der Waals surface area contributed by atoms with Gasteiger partial charge in [0.05, 0.1) is 0 Å². The number of nitrogens with zero attached hydrogens (tertiary/aromatic N) is 1. The average Bonchev–Trinajstić information content (AvgIpc) is 2.63. The van der Waals surface area contributed by atoms with E-state index in [1.807, 2.05) is 0 Å². The summed E-state index contributed by atoms with van der Waals surface area (Å²) in [5, 5.41) is 4.67. The minimum absolute atomic E-state index is 0.783. The number of aryl methyl sites for hydroxylation is 1. The quantitative estimate of drug-likeness (QED) is 0.608. The molecule has 1 heterocycles. The molecule has 1 N–H and O–H groups in total. The molecule has 0 unspecified atom stereocenters. The summed E-state index contributed by atoms with van der Waals surface area (Å²) < 4.78 is 2.16. The molecule has 0 bridgehead atoms. The number of nitrogens with one attached hydrogen (secondary N) is 1. The van der Waals surface area contributed by atoms with Crippen LogP contribution in [0.2, 0.25) is 0 Å². The van der Waals surface area contributed by atoms with Crippen molar-refractivity contribution < 1.29 is 0 Å². The van der Waals surface area contributed by atoms with Crippen LogP contribution in [0.15, 0.2) is 30.5 Å². The molecule has 0 aliphatic heterocycles. The highest BCUT2D eigenvalue weighted by Gasteiger charge is 2.04. The van der Waals surface area contributed by atoms with E-state index in [2.05, 4.69) is 53.3 Å². The lowest BCUT2D eigenvalue weighted by molar-refractivity contribution is 0.702. The van der Waals surface area contributed by atoms with Gasteiger partial charge in [-0.2, -0.15) is 0 Å². The van der Waals surface area contributed by atoms with Crippen molar-refractivity contribution in [2.24, 2.45) is 7.05 Å². The monoisotopic (exact) mass is 212 g/mol. The molecule has 2 aromatic rings. The second-order valence-electron chi connectivity index (χ2n) is 3.91. The van der Waals surface area contributed by atoms with E-state index in [1.54, 1.807) is 0 Å². The predicted octanol–water partition coefficient (Wildman–Crippen LogP) is 2.29. The molecule has 0 aliphatic rings. The maximum Gasteiger partial charge on any atom is 0.0481 e. The summed E-state index contributed by atoms with van der Waals surface area (Å²) in [6.45, 7) is 1.75. The number of rotatable bonds is 4. The lowest BCUT2D eigenvalue weighted by Gasteiger charge is -2.00. The molecule has 0 spiro atoms. The Kier molecular flexibility index (Phi) is 3.28. The van der Waals surface area contributed by atoms with E-state index >= 15 is 0 Å². The largest absolute Gasteiger partial charge is 0.350 e. The van der Waals surface area contributed by atoms with Crippen LogP contribution < -0.4 is 5.32 Å². The maximum atomic E-state index is 5.21. The van der Waals surface area contributed by atoms with E-state index in [9.17, 15) is 0 Å². The van der Waals surface area contributed by atoms with Gasteiger partial charge in [-0.15, -0.1) is 12.3 Å². The van der Waals surface area contributed by atoms with Gasteiger partial charge in [0.25, 0.3) is 0 Å². The summed E-state index contributed by atoms with van der Waals surface area (Å²) in [7, 11) is 2.08. The molecule has 0 amide bonds. The van der Waals surface area contributed by atoms with Crippen LogP contribution >= 0.6 is 0 Å². The van der Waals surface area contributed by atoms with Crippen LogP contribution in [-0.4, -0.2) is 11.1 Å². The Bertz CT molecular complexity index is 517. The third-order valence-electron chi connectivity index (χ3n) is 2.74. The maximum absolute atomic E-state index is 5.21. The van der Waals surface area contributed by atoms with E-state index in [1.165, 1.54) is 16.5 Å². The number of para-hydroxylation sites is 1. The highest BCUT2D eigenvalue weighted by Crippen LogP contribution is 2.19. The van der Waals surface area contributed by atoms with Gasteiger partial charge in [0, 0.05) is 43.7 Å². The Morgan fingerprint density at radius 3 is 3.00 bits per heavy atom. The first kappa shape index (κ1) is 10.8. The van der Waals surface area contributed by atoms with Crippen molar-refractivity contribution in [1.82, 2.24) is 9.88 Å². The number of fused-ring (bicyclic) bond motifs is 1. The smallest absolute Gasteiger partial charge is 0.0481 e. The van der Waals surface area contributed by atoms with Gasteiger partial charge in [-0.25, -0.2) is 0 Å². The van der Waals surface area contributed by atoms with Crippen LogP contribution in [0, 0.1) is 12.3 Å². The highest BCUT2D eigenvalue weighted by atomic mass is 14.9. The minimum Gasteiger partial charge on any atom is -0.350 e. The van der Waals surface area contributed by atoms with Crippen molar-refractivity contribution in [1.29, 1.82) is 0 Å². The summed E-state index contributed by atoms with van der Waals surface area (Å²) in [6.07, 6.45) is 8.17. The second kappa shape index (κ2) is 4.87. The van der Waals surface area contributed by atoms with Crippen LogP contribution in [0.3, 0.4) is 0 Å². The van der Waals surface area contributed by atoms with Crippen molar-refractivity contribution in [3.05, 3.63) is 36.0 Å². The average molecular weight is 212 g/mol. The molecule has 2 heteroatoms. The summed E-state index contributed by atoms with van der Waals surface area (Å²) >= 11 is 0. The van der Waals surface area contributed by atoms with Gasteiger partial charge >= 0.3 is 0 Å². The number of aromatic nitrogens is 1. The topological polar surface area (TPSA) is 17.0 Å². The Balaban J connectivity index is 2.15. The molecule has 0 atom stereocenters. The van der Waals surface area contributed by atoms with Gasteiger partial charge < -0.3 is 9.88 Å². The summed E-state index contributed by atoms with van der Waals surface area (Å²) in [5.74, 6) is 2.63. The van der Waals surface area contributed by atoms with Gasteiger partial charge in [0.1, 0.15) is 0 Å². The first-order chi connectivity index (χ1) is 7.83. The standard InChI is InChI=1S/C14H16N2/c1-3-4-9-15-10-12-11-16(2)14-8-6-5-7-13(12)14/h1,5-8,11,15H,4,9-10H2,2H3. The molecule has 82 valence electrons. The van der Waals surface area contributed by atoms with Crippen molar-refractivity contribution in [3.8, 4) is 12.3 Å². The van der Waals surface area contributed by atoms with Crippen LogP contribution in [0.5, 0.6) is 0 Å². The zero-order valence-electron chi connectivity index (χ0n) is 9.53. The fourth-order valence-corrected chi connectivity index (χ4v) is 1.95. The van der Waals surface area contributed by atoms with Gasteiger partial charge in [0.2, 0.25) is 0 Å². The number of benzene rings is 1. The van der Waals surface area contributed by atoms with Gasteiger partial charge in [-0.05, 0) is 11.6 Å². The SMILES string of the molecule is C#CCCNCc1cn(C)c2ccccc12. The Hall–Kier alpha value is -1.72. The third kappa shape index (κ3) is 2.10. The molecule has 0 fully saturated rings. The summed E-state index contributed by atoms with van der Waals surface area (Å²) in [5.41, 5.74) is 2.60. The molecule has 0 saturated carbocycles. The summed E-state index contributed by atoms with van der Waals surface area (Å²) in [6, 6.07) is 8.44. The normalized spacial score (nSPS) is 10.5. The molecule has 0 aliphatic carbocycles. The van der Waals surface area contributed by atoms with E-state index in [-0.39, 0.29) is 0 Å². The van der Waals surface area contributed by atoms with Crippen LogP contribution in [0.25, 0.3) is 10.9 Å². The Labute approximate surface area is 96.3 Å². The van der Waals surface area contributed by atoms with Crippen LogP contribution in [0.1, 0.15) is 12.0 Å². The Morgan fingerprint density at radius 2 is 2.19 bits per heavy atom. The summed E-state index contributed by atoms with van der Waals surface area (Å²) in [4.78, 5) is 0. The van der Waals surface area contributed by atoms with E-state index < -0.39 is 0 Å². The lowest BCUT2D eigenvalue weighted by atomic mass is 10.2. The molecule has 0 saturated heterocycles. The number of terminal acetylenes is 1. The first-order valence-corrected chi connectivity index (χ1v) is 5.50. The minimum atomic E-state index is 0.783. The first-order valence-electron chi connectivity index (χ1n) is 5.50. The third-order valence-corrected chi connectivity index (χ3v) is 2.74. The van der Waals surface area contributed by atoms with Crippen molar-refractivity contribution in [2.45, 2.75) is 13.0 Å². The predicted molar refractivity (Wildman–Crippen MR) is 68.1 cm³/mol. The fourth-order valence-electron chi connectivity index (χ4n) is 1.95. The van der Waals surface area contributed by atoms with Crippen molar-refractivity contribution in [3.63, 3.8) is 0 Å². The van der Waals surface area contributed by atoms with E-state index in [0.717, 1.165) is 19.5 Å². The molecular formula is C14H16N2. The Morgan fingerprint density at radius 1 is 1.38 bits per heavy atom. The van der Waals surface area contributed by atoms with Crippen LogP contribution in [-0.2, 0) is 13.6 Å². The molecular weight excluding hydrogens is 196 g/mol. The fraction of sp³-hybridized carbons (Fsp3) is 0.286.